The van der Waals surface area contributed by atoms with Crippen LogP contribution in [0.25, 0.3) is 0 Å². The van der Waals surface area contributed by atoms with Crippen LogP contribution in [0, 0.1) is 17.8 Å². The molecule has 1 saturated heterocycles. The van der Waals surface area contributed by atoms with Gasteiger partial charge in [0.05, 0.1) is 6.54 Å². The van der Waals surface area contributed by atoms with Crippen LogP contribution in [0.15, 0.2) is 18.3 Å². The number of pyridine rings is 1. The van der Waals surface area contributed by atoms with Gasteiger partial charge in [-0.15, -0.1) is 0 Å². The van der Waals surface area contributed by atoms with Crippen molar-refractivity contribution in [2.45, 2.75) is 12.8 Å². The summed E-state index contributed by atoms with van der Waals surface area (Å²) in [5, 5.41) is 8.93. The molecule has 5 nitrogen and oxygen atoms in total. The molecule has 2 heterocycles. The Kier molecular flexibility index (Phi) is 5.10. The summed E-state index contributed by atoms with van der Waals surface area (Å²) < 4.78 is 0. The molecule has 106 valence electrons. The van der Waals surface area contributed by atoms with Crippen LogP contribution in [-0.4, -0.2) is 47.1 Å². The number of nitrogens with zero attached hydrogens (tertiary/aromatic N) is 2. The number of hydrogen-bond donors (Lipinski definition) is 2. The van der Waals surface area contributed by atoms with E-state index in [-0.39, 0.29) is 12.5 Å². The Morgan fingerprint density at radius 3 is 3.05 bits per heavy atom. The summed E-state index contributed by atoms with van der Waals surface area (Å²) in [6.07, 6.45) is 3.30. The Balaban J connectivity index is 1.99. The van der Waals surface area contributed by atoms with E-state index in [1.165, 1.54) is 0 Å². The standard InChI is InChI=1S/C15H19N3O2/c16-7-1-2-12-3-4-14(17-10-12)15(20)18-8-5-13(11-18)6-9-19/h3-4,10,13,19H,5-9,11,16H2. The number of hydrogen-bond acceptors (Lipinski definition) is 4. The zero-order chi connectivity index (χ0) is 14.4. The zero-order valence-corrected chi connectivity index (χ0v) is 11.4. The van der Waals surface area contributed by atoms with Crippen LogP contribution < -0.4 is 5.73 Å². The van der Waals surface area contributed by atoms with Gasteiger partial charge < -0.3 is 15.7 Å². The van der Waals surface area contributed by atoms with Crippen molar-refractivity contribution < 1.29 is 9.90 Å². The highest BCUT2D eigenvalue weighted by Crippen LogP contribution is 2.20. The smallest absolute Gasteiger partial charge is 0.272 e. The molecule has 0 aromatic carbocycles. The van der Waals surface area contributed by atoms with Gasteiger partial charge in [-0.3, -0.25) is 4.79 Å². The summed E-state index contributed by atoms with van der Waals surface area (Å²) in [6.45, 7) is 1.93. The number of aliphatic hydroxyl groups is 1. The van der Waals surface area contributed by atoms with Gasteiger partial charge in [0.2, 0.25) is 0 Å². The van der Waals surface area contributed by atoms with Crippen molar-refractivity contribution in [1.29, 1.82) is 0 Å². The highest BCUT2D eigenvalue weighted by molar-refractivity contribution is 5.92. The lowest BCUT2D eigenvalue weighted by molar-refractivity contribution is 0.0779. The van der Waals surface area contributed by atoms with Crippen molar-refractivity contribution in [3.8, 4) is 11.8 Å². The van der Waals surface area contributed by atoms with Crippen molar-refractivity contribution >= 4 is 5.91 Å². The van der Waals surface area contributed by atoms with E-state index in [1.807, 2.05) is 0 Å². The average Bonchev–Trinajstić information content (AvgIpc) is 2.94. The molecule has 0 saturated carbocycles. The van der Waals surface area contributed by atoms with Gasteiger partial charge in [0, 0.05) is 31.5 Å². The van der Waals surface area contributed by atoms with Crippen LogP contribution in [0.5, 0.6) is 0 Å². The number of carbonyl (C=O) groups is 1. The first-order valence-corrected chi connectivity index (χ1v) is 6.79. The molecule has 1 unspecified atom stereocenters. The second-order valence-corrected chi connectivity index (χ2v) is 4.86. The zero-order valence-electron chi connectivity index (χ0n) is 11.4. The molecular weight excluding hydrogens is 254 g/mol. The minimum absolute atomic E-state index is 0.0521. The topological polar surface area (TPSA) is 79.5 Å². The molecular formula is C15H19N3O2. The Labute approximate surface area is 118 Å². The summed E-state index contributed by atoms with van der Waals surface area (Å²) in [5.74, 6) is 5.97. The van der Waals surface area contributed by atoms with E-state index in [1.54, 1.807) is 23.2 Å². The largest absolute Gasteiger partial charge is 0.396 e. The fourth-order valence-electron chi connectivity index (χ4n) is 2.34. The molecule has 3 N–H and O–H groups in total. The second-order valence-electron chi connectivity index (χ2n) is 4.86. The van der Waals surface area contributed by atoms with Crippen molar-refractivity contribution in [3.05, 3.63) is 29.6 Å². The van der Waals surface area contributed by atoms with Crippen LogP contribution in [0.1, 0.15) is 28.9 Å². The SMILES string of the molecule is NCC#Cc1ccc(C(=O)N2CCC(CCO)C2)nc1. The van der Waals surface area contributed by atoms with Crippen LogP contribution in [0.4, 0.5) is 0 Å². The fourth-order valence-corrected chi connectivity index (χ4v) is 2.34. The minimum Gasteiger partial charge on any atom is -0.396 e. The van der Waals surface area contributed by atoms with E-state index in [2.05, 4.69) is 16.8 Å². The molecule has 0 radical (unpaired) electrons. The Hall–Kier alpha value is -1.90. The number of nitrogens with two attached hydrogens (primary N) is 1. The van der Waals surface area contributed by atoms with E-state index in [9.17, 15) is 4.79 Å². The summed E-state index contributed by atoms with van der Waals surface area (Å²) in [4.78, 5) is 18.2. The molecule has 1 aromatic rings. The van der Waals surface area contributed by atoms with Gasteiger partial charge in [-0.25, -0.2) is 4.98 Å². The summed E-state index contributed by atoms with van der Waals surface area (Å²) in [5.41, 5.74) is 6.50. The summed E-state index contributed by atoms with van der Waals surface area (Å²) >= 11 is 0. The molecule has 0 bridgehead atoms. The van der Waals surface area contributed by atoms with Crippen molar-refractivity contribution in [2.24, 2.45) is 11.7 Å². The predicted octanol–water partition coefficient (Wildman–Crippen LogP) is 0.236. The van der Waals surface area contributed by atoms with Crippen molar-refractivity contribution in [1.82, 2.24) is 9.88 Å². The van der Waals surface area contributed by atoms with Crippen LogP contribution in [0.2, 0.25) is 0 Å². The Bertz CT molecular complexity index is 516. The van der Waals surface area contributed by atoms with Crippen molar-refractivity contribution in [2.75, 3.05) is 26.2 Å². The molecule has 1 fully saturated rings. The highest BCUT2D eigenvalue weighted by atomic mass is 16.3. The van der Waals surface area contributed by atoms with Gasteiger partial charge in [0.25, 0.3) is 5.91 Å². The summed E-state index contributed by atoms with van der Waals surface area (Å²) in [6, 6.07) is 3.48. The minimum atomic E-state index is -0.0521. The predicted molar refractivity (Wildman–Crippen MR) is 75.9 cm³/mol. The molecule has 2 rings (SSSR count). The fraction of sp³-hybridized carbons (Fsp3) is 0.467. The first kappa shape index (κ1) is 14.5. The van der Waals surface area contributed by atoms with Crippen LogP contribution in [-0.2, 0) is 0 Å². The lowest BCUT2D eigenvalue weighted by atomic mass is 10.1. The number of rotatable bonds is 3. The Morgan fingerprint density at radius 1 is 1.55 bits per heavy atom. The maximum Gasteiger partial charge on any atom is 0.272 e. The first-order valence-electron chi connectivity index (χ1n) is 6.79. The third-order valence-electron chi connectivity index (χ3n) is 3.43. The molecule has 5 heteroatoms. The van der Waals surface area contributed by atoms with Gasteiger partial charge in [0.1, 0.15) is 5.69 Å². The maximum atomic E-state index is 12.3. The third kappa shape index (κ3) is 3.56. The highest BCUT2D eigenvalue weighted by Gasteiger charge is 2.26. The van der Waals surface area contributed by atoms with Gasteiger partial charge >= 0.3 is 0 Å². The quantitative estimate of drug-likeness (QED) is 0.773. The van der Waals surface area contributed by atoms with Crippen LogP contribution >= 0.6 is 0 Å². The maximum absolute atomic E-state index is 12.3. The normalized spacial score (nSPS) is 17.7. The molecule has 1 amide bonds. The summed E-state index contributed by atoms with van der Waals surface area (Å²) in [7, 11) is 0. The molecule has 0 aliphatic carbocycles. The lowest BCUT2D eigenvalue weighted by Gasteiger charge is -2.15. The van der Waals surface area contributed by atoms with E-state index >= 15 is 0 Å². The molecule has 1 aliphatic rings. The van der Waals surface area contributed by atoms with E-state index in [0.29, 0.717) is 24.7 Å². The van der Waals surface area contributed by atoms with E-state index in [0.717, 1.165) is 24.9 Å². The van der Waals surface area contributed by atoms with Crippen molar-refractivity contribution in [3.63, 3.8) is 0 Å². The van der Waals surface area contributed by atoms with Gasteiger partial charge in [-0.1, -0.05) is 11.8 Å². The Morgan fingerprint density at radius 2 is 2.40 bits per heavy atom. The first-order chi connectivity index (χ1) is 9.74. The number of carbonyl (C=O) groups excluding carboxylic acids is 1. The van der Waals surface area contributed by atoms with Crippen LogP contribution in [0.3, 0.4) is 0 Å². The molecule has 0 spiro atoms. The van der Waals surface area contributed by atoms with Gasteiger partial charge in [0.15, 0.2) is 0 Å². The average molecular weight is 273 g/mol. The van der Waals surface area contributed by atoms with Gasteiger partial charge in [-0.05, 0) is 30.9 Å². The number of amides is 1. The number of likely N-dealkylation sites (tertiary alicyclic amines) is 1. The molecule has 1 atom stereocenters. The molecule has 1 aromatic heterocycles. The third-order valence-corrected chi connectivity index (χ3v) is 3.43. The van der Waals surface area contributed by atoms with E-state index < -0.39 is 0 Å². The van der Waals surface area contributed by atoms with E-state index in [4.69, 9.17) is 10.8 Å². The monoisotopic (exact) mass is 273 g/mol. The number of aromatic nitrogens is 1. The molecule has 20 heavy (non-hydrogen) atoms. The van der Waals surface area contributed by atoms with Gasteiger partial charge in [-0.2, -0.15) is 0 Å². The number of aliphatic hydroxyl groups excluding tert-OH is 1. The second kappa shape index (κ2) is 7.04. The molecule has 1 aliphatic heterocycles. The lowest BCUT2D eigenvalue weighted by Crippen LogP contribution is -2.29.